The highest BCUT2D eigenvalue weighted by Crippen LogP contribution is 2.25. The van der Waals surface area contributed by atoms with Gasteiger partial charge in [0, 0.05) is 0 Å². The third-order valence-electron chi connectivity index (χ3n) is 3.43. The lowest BCUT2D eigenvalue weighted by molar-refractivity contribution is -0.450. The fourth-order valence-corrected chi connectivity index (χ4v) is 2.51. The Balaban J connectivity index is 2.24. The minimum atomic E-state index is -0.632. The van der Waals surface area contributed by atoms with Gasteiger partial charge in [0.05, 0.1) is 21.7 Å². The third-order valence-corrected chi connectivity index (χ3v) is 3.43. The number of para-hydroxylation sites is 1. The number of halogens is 1. The van der Waals surface area contributed by atoms with Gasteiger partial charge in [0.15, 0.2) is 12.2 Å². The Labute approximate surface area is 130 Å². The quantitative estimate of drug-likeness (QED) is 0.400. The van der Waals surface area contributed by atoms with Gasteiger partial charge in [0.1, 0.15) is 5.82 Å². The molecule has 0 unspecified atom stereocenters. The molecule has 0 fully saturated rings. The van der Waals surface area contributed by atoms with Crippen LogP contribution in [0.2, 0.25) is 0 Å². The van der Waals surface area contributed by atoms with Gasteiger partial charge in [-0.1, -0.05) is 24.3 Å². The number of hydroxylamine groups is 1. The summed E-state index contributed by atoms with van der Waals surface area (Å²) in [7, 11) is 0. The van der Waals surface area contributed by atoms with Crippen molar-refractivity contribution in [3.8, 4) is 0 Å². The Morgan fingerprint density at radius 2 is 1.78 bits per heavy atom. The van der Waals surface area contributed by atoms with Gasteiger partial charge < -0.3 is 10.5 Å². The van der Waals surface area contributed by atoms with Crippen molar-refractivity contribution in [2.45, 2.75) is 0 Å². The van der Waals surface area contributed by atoms with Crippen molar-refractivity contribution >= 4 is 11.4 Å². The summed E-state index contributed by atoms with van der Waals surface area (Å²) >= 11 is 0. The highest BCUT2D eigenvalue weighted by Gasteiger charge is 2.27. The van der Waals surface area contributed by atoms with Gasteiger partial charge in [-0.25, -0.2) is 4.39 Å². The summed E-state index contributed by atoms with van der Waals surface area (Å²) in [6.07, 6.45) is 0.742. The van der Waals surface area contributed by atoms with Gasteiger partial charge in [-0.2, -0.15) is 4.74 Å². The molecule has 1 N–H and O–H groups in total. The maximum absolute atomic E-state index is 14.2. The highest BCUT2D eigenvalue weighted by molar-refractivity contribution is 6.13. The lowest BCUT2D eigenvalue weighted by atomic mass is 10.00. The molecule has 23 heavy (non-hydrogen) atoms. The van der Waals surface area contributed by atoms with Crippen LogP contribution < -0.4 is 5.32 Å². The average Bonchev–Trinajstić information content (AvgIpc) is 2.63. The Kier molecular flexibility index (Phi) is 3.76. The number of nitrogens with one attached hydrogen (secondary N) is 1. The molecule has 116 valence electrons. The lowest BCUT2D eigenvalue weighted by Gasteiger charge is -2.10. The van der Waals surface area contributed by atoms with Gasteiger partial charge >= 0.3 is 0 Å². The summed E-state index contributed by atoms with van der Waals surface area (Å²) in [6.45, 7) is -0.278. The zero-order valence-corrected chi connectivity index (χ0v) is 11.9. The molecule has 0 radical (unpaired) electrons. The van der Waals surface area contributed by atoms with Crippen molar-refractivity contribution in [1.82, 2.24) is 0 Å². The minimum Gasteiger partial charge on any atom is -0.623 e. The van der Waals surface area contributed by atoms with Crippen LogP contribution in [0.4, 0.5) is 10.1 Å². The molecular weight excluding hydrogens is 301 g/mol. The van der Waals surface area contributed by atoms with E-state index in [0.29, 0.717) is 16.0 Å². The van der Waals surface area contributed by atoms with Gasteiger partial charge in [-0.3, -0.25) is 10.1 Å². The number of rotatable bonds is 2. The minimum absolute atomic E-state index is 0.129. The molecule has 0 saturated carbocycles. The van der Waals surface area contributed by atoms with Crippen LogP contribution >= 0.6 is 0 Å². The number of nitro groups is 1. The molecule has 2 aromatic rings. The summed E-state index contributed by atoms with van der Waals surface area (Å²) < 4.78 is 14.7. The van der Waals surface area contributed by atoms with Gasteiger partial charge in [0.25, 0.3) is 6.20 Å². The third kappa shape index (κ3) is 2.89. The summed E-state index contributed by atoms with van der Waals surface area (Å²) in [5, 5.41) is 26.1. The summed E-state index contributed by atoms with van der Waals surface area (Å²) in [6, 6.07) is 12.8. The molecule has 0 aromatic heterocycles. The van der Waals surface area contributed by atoms with Crippen LogP contribution in [0.3, 0.4) is 0 Å². The molecule has 6 nitrogen and oxygen atoms in total. The second kappa shape index (κ2) is 5.88. The van der Waals surface area contributed by atoms with Gasteiger partial charge in [0.2, 0.25) is 5.71 Å². The molecule has 0 bridgehead atoms. The van der Waals surface area contributed by atoms with Crippen molar-refractivity contribution < 1.29 is 14.1 Å². The number of hydrogen-bond donors (Lipinski definition) is 1. The van der Waals surface area contributed by atoms with Crippen LogP contribution in [0.5, 0.6) is 0 Å². The van der Waals surface area contributed by atoms with Crippen LogP contribution in [-0.4, -0.2) is 21.9 Å². The molecule has 0 aliphatic carbocycles. The second-order valence-electron chi connectivity index (χ2n) is 4.98. The molecule has 0 saturated heterocycles. The number of benzodiazepines with no additional fused rings is 1. The lowest BCUT2D eigenvalue weighted by Crippen LogP contribution is -2.20. The van der Waals surface area contributed by atoms with E-state index in [9.17, 15) is 19.7 Å². The maximum atomic E-state index is 14.2. The van der Waals surface area contributed by atoms with Crippen molar-refractivity contribution in [2.24, 2.45) is 0 Å². The number of nitrogens with zero attached hydrogens (tertiary/aromatic N) is 2. The SMILES string of the molecule is O=[N+]([O-])/C=C1/C[N+]([O-])=C(c2ccccc2F)c2ccccc2N1. The molecule has 7 heteroatoms. The average molecular weight is 313 g/mol. The highest BCUT2D eigenvalue weighted by atomic mass is 19.1. The maximum Gasteiger partial charge on any atom is 0.260 e. The first kappa shape index (κ1) is 14.7. The predicted molar refractivity (Wildman–Crippen MR) is 83.2 cm³/mol. The Bertz CT molecular complexity index is 846. The van der Waals surface area contributed by atoms with E-state index >= 15 is 0 Å². The molecule has 1 aliphatic heterocycles. The van der Waals surface area contributed by atoms with E-state index in [1.807, 2.05) is 0 Å². The fourth-order valence-electron chi connectivity index (χ4n) is 2.51. The van der Waals surface area contributed by atoms with Crippen molar-refractivity contribution in [3.63, 3.8) is 0 Å². The van der Waals surface area contributed by atoms with Gasteiger partial charge in [-0.15, -0.1) is 0 Å². The molecule has 0 spiro atoms. The first-order valence-corrected chi connectivity index (χ1v) is 6.83. The van der Waals surface area contributed by atoms with E-state index in [1.54, 1.807) is 30.3 Å². The van der Waals surface area contributed by atoms with Crippen LogP contribution in [0, 0.1) is 21.1 Å². The monoisotopic (exact) mass is 313 g/mol. The number of fused-ring (bicyclic) bond motifs is 1. The summed E-state index contributed by atoms with van der Waals surface area (Å²) in [4.78, 5) is 10.1. The van der Waals surface area contributed by atoms with Crippen LogP contribution in [0.15, 0.2) is 60.4 Å². The Morgan fingerprint density at radius 1 is 1.13 bits per heavy atom. The Morgan fingerprint density at radius 3 is 2.48 bits per heavy atom. The van der Waals surface area contributed by atoms with E-state index < -0.39 is 10.7 Å². The molecule has 1 heterocycles. The second-order valence-corrected chi connectivity index (χ2v) is 4.98. The number of anilines is 1. The van der Waals surface area contributed by atoms with Crippen LogP contribution in [-0.2, 0) is 0 Å². The first-order chi connectivity index (χ1) is 11.1. The van der Waals surface area contributed by atoms with Crippen LogP contribution in [0.25, 0.3) is 0 Å². The molecule has 2 aromatic carbocycles. The smallest absolute Gasteiger partial charge is 0.260 e. The molecule has 0 amide bonds. The van der Waals surface area contributed by atoms with E-state index in [1.165, 1.54) is 18.2 Å². The first-order valence-electron chi connectivity index (χ1n) is 6.83. The van der Waals surface area contributed by atoms with Crippen LogP contribution in [0.1, 0.15) is 11.1 Å². The zero-order chi connectivity index (χ0) is 16.4. The van der Waals surface area contributed by atoms with E-state index in [0.717, 1.165) is 6.20 Å². The number of benzene rings is 2. The van der Waals surface area contributed by atoms with E-state index in [4.69, 9.17) is 0 Å². The van der Waals surface area contributed by atoms with Crippen molar-refractivity contribution in [2.75, 3.05) is 11.9 Å². The molecule has 3 rings (SSSR count). The van der Waals surface area contributed by atoms with Gasteiger partial charge in [-0.05, 0) is 24.3 Å². The normalized spacial score (nSPS) is 15.8. The molecule has 1 aliphatic rings. The van der Waals surface area contributed by atoms with Crippen molar-refractivity contribution in [3.05, 3.63) is 92.7 Å². The molecule has 0 atom stereocenters. The summed E-state index contributed by atoms with van der Waals surface area (Å²) in [5.41, 5.74) is 1.41. The topological polar surface area (TPSA) is 81.2 Å². The van der Waals surface area contributed by atoms with Crippen molar-refractivity contribution in [1.29, 1.82) is 0 Å². The summed E-state index contributed by atoms with van der Waals surface area (Å²) in [5.74, 6) is -0.528. The number of hydrogen-bond acceptors (Lipinski definition) is 4. The largest absolute Gasteiger partial charge is 0.623 e. The van der Waals surface area contributed by atoms with E-state index in [-0.39, 0.29) is 23.5 Å². The fraction of sp³-hybridized carbons (Fsp3) is 0.0625. The standard InChI is InChI=1S/C16H12FN3O3/c17-14-7-3-1-5-12(14)16-13-6-2-4-8-15(13)18-11(9-19(16)21)10-20(22)23/h1-8,10,18H,9H2/b11-10-. The van der Waals surface area contributed by atoms with E-state index in [2.05, 4.69) is 5.32 Å². The Hall–Kier alpha value is -3.22. The molecular formula is C16H12FN3O3. The predicted octanol–water partition coefficient (Wildman–Crippen LogP) is 2.72. The zero-order valence-electron chi connectivity index (χ0n) is 11.9.